The van der Waals surface area contributed by atoms with Crippen LogP contribution in [0.2, 0.25) is 0 Å². The molecule has 0 unspecified atom stereocenters. The van der Waals surface area contributed by atoms with Crippen LogP contribution in [0.15, 0.2) is 0 Å². The highest BCUT2D eigenvalue weighted by Crippen LogP contribution is 2.23. The molecule has 0 radical (unpaired) electrons. The van der Waals surface area contributed by atoms with Gasteiger partial charge in [0.25, 0.3) is 5.91 Å². The van der Waals surface area contributed by atoms with Gasteiger partial charge in [0.05, 0.1) is 5.56 Å². The molecule has 1 amide bonds. The van der Waals surface area contributed by atoms with E-state index in [1.807, 2.05) is 0 Å². The number of hydrogen-bond acceptors (Lipinski definition) is 2. The van der Waals surface area contributed by atoms with Gasteiger partial charge in [-0.05, 0) is 26.3 Å². The third-order valence-electron chi connectivity index (χ3n) is 2.90. The number of carbonyl (C=O) groups is 2. The van der Waals surface area contributed by atoms with Crippen molar-refractivity contribution >= 4 is 11.9 Å². The van der Waals surface area contributed by atoms with E-state index in [0.29, 0.717) is 4.90 Å². The molecule has 20 heavy (non-hydrogen) atoms. The lowest BCUT2D eigenvalue weighted by Crippen LogP contribution is -2.39. The summed E-state index contributed by atoms with van der Waals surface area (Å²) in [5.74, 6) is -2.09. The van der Waals surface area contributed by atoms with Crippen LogP contribution in [0, 0.1) is 13.8 Å². The maximum atomic E-state index is 12.4. The van der Waals surface area contributed by atoms with Crippen molar-refractivity contribution in [2.24, 2.45) is 0 Å². The summed E-state index contributed by atoms with van der Waals surface area (Å²) in [4.78, 5) is 26.2. The van der Waals surface area contributed by atoms with E-state index in [9.17, 15) is 22.8 Å². The second-order valence-corrected chi connectivity index (χ2v) is 4.36. The summed E-state index contributed by atoms with van der Waals surface area (Å²) >= 11 is 0. The third-order valence-corrected chi connectivity index (χ3v) is 2.90. The first-order valence-corrected chi connectivity index (χ1v) is 5.87. The van der Waals surface area contributed by atoms with E-state index in [0.717, 1.165) is 0 Å². The maximum absolute atomic E-state index is 12.4. The summed E-state index contributed by atoms with van der Waals surface area (Å²) in [5.41, 5.74) is 0.175. The smallest absolute Gasteiger partial charge is 0.406 e. The van der Waals surface area contributed by atoms with Gasteiger partial charge in [0.1, 0.15) is 12.2 Å². The number of carbonyl (C=O) groups excluding carboxylic acids is 1. The van der Waals surface area contributed by atoms with Gasteiger partial charge < -0.3 is 15.0 Å². The molecule has 0 aliphatic rings. The molecule has 0 fully saturated rings. The number of hydrogen-bond donors (Lipinski definition) is 2. The second-order valence-electron chi connectivity index (χ2n) is 4.36. The SMILES string of the molecule is CCN(CC(F)(F)F)C(=O)c1c(C)[nH]c(C(=O)O)c1C. The fraction of sp³-hybridized carbons (Fsp3) is 0.500. The lowest BCUT2D eigenvalue weighted by atomic mass is 10.1. The molecule has 0 saturated carbocycles. The minimum atomic E-state index is -4.50. The molecule has 0 aliphatic carbocycles. The van der Waals surface area contributed by atoms with Gasteiger partial charge in [-0.1, -0.05) is 0 Å². The third kappa shape index (κ3) is 3.31. The van der Waals surface area contributed by atoms with E-state index >= 15 is 0 Å². The number of aromatic carboxylic acids is 1. The van der Waals surface area contributed by atoms with Crippen molar-refractivity contribution in [2.75, 3.05) is 13.1 Å². The zero-order valence-corrected chi connectivity index (χ0v) is 11.3. The van der Waals surface area contributed by atoms with Crippen LogP contribution in [0.25, 0.3) is 0 Å². The first-order chi connectivity index (χ1) is 9.08. The molecule has 8 heteroatoms. The lowest BCUT2D eigenvalue weighted by molar-refractivity contribution is -0.140. The molecule has 1 aromatic rings. The van der Waals surface area contributed by atoms with Gasteiger partial charge in [0.15, 0.2) is 0 Å². The van der Waals surface area contributed by atoms with E-state index in [1.54, 1.807) is 0 Å². The number of nitrogens with zero attached hydrogens (tertiary/aromatic N) is 1. The van der Waals surface area contributed by atoms with Gasteiger partial charge in [-0.15, -0.1) is 0 Å². The molecular weight excluding hydrogens is 277 g/mol. The van der Waals surface area contributed by atoms with Crippen LogP contribution >= 0.6 is 0 Å². The van der Waals surface area contributed by atoms with Crippen LogP contribution in [0.3, 0.4) is 0 Å². The monoisotopic (exact) mass is 292 g/mol. The molecule has 0 spiro atoms. The predicted octanol–water partition coefficient (Wildman–Crippen LogP) is 2.35. The molecule has 1 rings (SSSR count). The number of alkyl halides is 3. The van der Waals surface area contributed by atoms with Gasteiger partial charge in [0, 0.05) is 12.2 Å². The standard InChI is InChI=1S/C12H15F3N2O3/c1-4-17(5-12(13,14)15)10(18)8-6(2)9(11(19)20)16-7(8)3/h16H,4-5H2,1-3H3,(H,19,20). The van der Waals surface area contributed by atoms with Crippen molar-refractivity contribution in [2.45, 2.75) is 26.9 Å². The van der Waals surface area contributed by atoms with Crippen molar-refractivity contribution in [3.63, 3.8) is 0 Å². The zero-order chi connectivity index (χ0) is 15.7. The van der Waals surface area contributed by atoms with Gasteiger partial charge in [-0.3, -0.25) is 4.79 Å². The predicted molar refractivity (Wildman–Crippen MR) is 64.9 cm³/mol. The van der Waals surface area contributed by atoms with E-state index in [-0.39, 0.29) is 29.1 Å². The molecule has 0 aromatic carbocycles. The normalized spacial score (nSPS) is 11.5. The van der Waals surface area contributed by atoms with E-state index < -0.39 is 24.6 Å². The van der Waals surface area contributed by atoms with Gasteiger partial charge in [0.2, 0.25) is 0 Å². The second kappa shape index (κ2) is 5.56. The Morgan fingerprint density at radius 3 is 2.20 bits per heavy atom. The number of carboxylic acid groups (broad SMARTS) is 1. The Balaban J connectivity index is 3.17. The Bertz CT molecular complexity index is 535. The molecule has 2 N–H and O–H groups in total. The lowest BCUT2D eigenvalue weighted by Gasteiger charge is -2.22. The number of aryl methyl sites for hydroxylation is 1. The van der Waals surface area contributed by atoms with Crippen molar-refractivity contribution in [1.82, 2.24) is 9.88 Å². The van der Waals surface area contributed by atoms with Crippen molar-refractivity contribution in [3.8, 4) is 0 Å². The summed E-state index contributed by atoms with van der Waals surface area (Å²) < 4.78 is 37.2. The number of H-pyrrole nitrogens is 1. The van der Waals surface area contributed by atoms with Crippen LogP contribution in [-0.4, -0.2) is 46.1 Å². The minimum absolute atomic E-state index is 0.0199. The molecule has 0 bridgehead atoms. The van der Waals surface area contributed by atoms with Gasteiger partial charge >= 0.3 is 12.1 Å². The summed E-state index contributed by atoms with van der Waals surface area (Å²) in [6, 6.07) is 0. The average molecular weight is 292 g/mol. The molecule has 0 saturated heterocycles. The number of amides is 1. The highest BCUT2D eigenvalue weighted by Gasteiger charge is 2.34. The minimum Gasteiger partial charge on any atom is -0.477 e. The fourth-order valence-corrected chi connectivity index (χ4v) is 1.99. The molecular formula is C12H15F3N2O3. The molecule has 0 aliphatic heterocycles. The molecule has 1 aromatic heterocycles. The van der Waals surface area contributed by atoms with Crippen LogP contribution < -0.4 is 0 Å². The van der Waals surface area contributed by atoms with Crippen LogP contribution in [0.1, 0.15) is 39.0 Å². The number of aromatic amines is 1. The van der Waals surface area contributed by atoms with E-state index in [2.05, 4.69) is 4.98 Å². The number of rotatable bonds is 4. The van der Waals surface area contributed by atoms with Gasteiger partial charge in [-0.2, -0.15) is 13.2 Å². The van der Waals surface area contributed by atoms with Crippen LogP contribution in [0.5, 0.6) is 0 Å². The maximum Gasteiger partial charge on any atom is 0.406 e. The van der Waals surface area contributed by atoms with Crippen molar-refractivity contribution in [3.05, 3.63) is 22.5 Å². The summed E-state index contributed by atoms with van der Waals surface area (Å²) in [6.07, 6.45) is -4.50. The molecule has 5 nitrogen and oxygen atoms in total. The summed E-state index contributed by atoms with van der Waals surface area (Å²) in [6.45, 7) is 2.79. The average Bonchev–Trinajstić information content (AvgIpc) is 2.60. The number of halogens is 3. The Hall–Kier alpha value is -1.99. The Labute approximate surface area is 113 Å². The Kier molecular flexibility index (Phi) is 4.46. The molecule has 1 heterocycles. The molecule has 112 valence electrons. The van der Waals surface area contributed by atoms with Crippen molar-refractivity contribution < 1.29 is 27.9 Å². The Morgan fingerprint density at radius 2 is 1.85 bits per heavy atom. The number of nitrogens with one attached hydrogen (secondary N) is 1. The van der Waals surface area contributed by atoms with Gasteiger partial charge in [-0.25, -0.2) is 4.79 Å². The summed E-state index contributed by atoms with van der Waals surface area (Å²) in [5, 5.41) is 8.93. The van der Waals surface area contributed by atoms with Crippen LogP contribution in [-0.2, 0) is 0 Å². The zero-order valence-electron chi connectivity index (χ0n) is 11.3. The largest absolute Gasteiger partial charge is 0.477 e. The first kappa shape index (κ1) is 16.1. The quantitative estimate of drug-likeness (QED) is 0.894. The van der Waals surface area contributed by atoms with Crippen molar-refractivity contribution in [1.29, 1.82) is 0 Å². The topological polar surface area (TPSA) is 73.4 Å². The first-order valence-electron chi connectivity index (χ1n) is 5.87. The molecule has 0 atom stereocenters. The van der Waals surface area contributed by atoms with E-state index in [4.69, 9.17) is 5.11 Å². The Morgan fingerprint density at radius 1 is 1.30 bits per heavy atom. The number of carboxylic acids is 1. The highest BCUT2D eigenvalue weighted by molar-refractivity contribution is 6.00. The fourth-order valence-electron chi connectivity index (χ4n) is 1.99. The van der Waals surface area contributed by atoms with E-state index in [1.165, 1.54) is 20.8 Å². The van der Waals surface area contributed by atoms with Crippen LogP contribution in [0.4, 0.5) is 13.2 Å². The number of aromatic nitrogens is 1. The highest BCUT2D eigenvalue weighted by atomic mass is 19.4. The summed E-state index contributed by atoms with van der Waals surface area (Å²) in [7, 11) is 0.